The molecule has 0 fully saturated rings. The summed E-state index contributed by atoms with van der Waals surface area (Å²) in [5.74, 6) is 0.719. The van der Waals surface area contributed by atoms with Gasteiger partial charge in [-0.25, -0.2) is 5.43 Å². The van der Waals surface area contributed by atoms with E-state index < -0.39 is 0 Å². The van der Waals surface area contributed by atoms with Gasteiger partial charge in [-0.15, -0.1) is 10.2 Å². The number of anilines is 1. The lowest BCUT2D eigenvalue weighted by atomic mass is 9.96. The van der Waals surface area contributed by atoms with Crippen molar-refractivity contribution >= 4 is 12.2 Å². The van der Waals surface area contributed by atoms with E-state index in [1.165, 1.54) is 0 Å². The predicted molar refractivity (Wildman–Crippen MR) is 61.2 cm³/mol. The summed E-state index contributed by atoms with van der Waals surface area (Å²) >= 11 is 0. The summed E-state index contributed by atoms with van der Waals surface area (Å²) in [6.45, 7) is 0. The van der Waals surface area contributed by atoms with Crippen LogP contribution in [0.1, 0.15) is 19.3 Å². The number of hydrazone groups is 1. The third kappa shape index (κ3) is 3.01. The fraction of sp³-hybridized carbons (Fsp3) is 0.400. The van der Waals surface area contributed by atoms with E-state index in [9.17, 15) is 4.79 Å². The van der Waals surface area contributed by atoms with Gasteiger partial charge in [0.05, 0.1) is 0 Å². The molecule has 1 heterocycles. The predicted octanol–water partition coefficient (Wildman–Crippen LogP) is 0.919. The molecule has 0 saturated carbocycles. The average Bonchev–Trinajstić information content (AvgIpc) is 2.30. The standard InChI is InChI=1S/C10H13N5O/c16-9-7-12-15-10(13-9)14-11-6-8-4-2-1-3-5-8/h1-2,6-8H,3-5H2,(H2,13,14,15,16)/b11-6-/t8-/m0/s1. The van der Waals surface area contributed by atoms with Crippen LogP contribution in [0.4, 0.5) is 5.95 Å². The highest BCUT2D eigenvalue weighted by Gasteiger charge is 2.06. The van der Waals surface area contributed by atoms with E-state index in [4.69, 9.17) is 0 Å². The number of hydrogen-bond donors (Lipinski definition) is 2. The largest absolute Gasteiger partial charge is 0.289 e. The second kappa shape index (κ2) is 5.20. The first-order chi connectivity index (χ1) is 7.84. The highest BCUT2D eigenvalue weighted by atomic mass is 16.1. The summed E-state index contributed by atoms with van der Waals surface area (Å²) in [5.41, 5.74) is 2.35. The van der Waals surface area contributed by atoms with Gasteiger partial charge in [-0.2, -0.15) is 5.10 Å². The summed E-state index contributed by atoms with van der Waals surface area (Å²) in [6.07, 6.45) is 10.5. The summed E-state index contributed by atoms with van der Waals surface area (Å²) in [7, 11) is 0. The van der Waals surface area contributed by atoms with Crippen LogP contribution in [-0.2, 0) is 0 Å². The maximum absolute atomic E-state index is 10.9. The van der Waals surface area contributed by atoms with Crippen molar-refractivity contribution in [1.82, 2.24) is 15.2 Å². The third-order valence-electron chi connectivity index (χ3n) is 2.34. The topological polar surface area (TPSA) is 83.0 Å². The van der Waals surface area contributed by atoms with Crippen molar-refractivity contribution in [3.63, 3.8) is 0 Å². The summed E-state index contributed by atoms with van der Waals surface area (Å²) in [5, 5.41) is 11.2. The molecule has 0 bridgehead atoms. The second-order valence-corrected chi connectivity index (χ2v) is 3.62. The van der Waals surface area contributed by atoms with E-state index in [1.54, 1.807) is 0 Å². The van der Waals surface area contributed by atoms with Crippen molar-refractivity contribution in [2.75, 3.05) is 5.43 Å². The highest BCUT2D eigenvalue weighted by Crippen LogP contribution is 2.15. The smallest absolute Gasteiger partial charge is 0.271 e. The van der Waals surface area contributed by atoms with Crippen molar-refractivity contribution < 1.29 is 0 Å². The SMILES string of the molecule is O=c1cnnc(N/N=C\[C@H]2CC=CCC2)[nH]1. The molecule has 0 saturated heterocycles. The Morgan fingerprint density at radius 3 is 3.25 bits per heavy atom. The zero-order chi connectivity index (χ0) is 11.2. The normalized spacial score (nSPS) is 20.1. The zero-order valence-electron chi connectivity index (χ0n) is 8.76. The van der Waals surface area contributed by atoms with Crippen molar-refractivity contribution in [3.05, 3.63) is 28.7 Å². The van der Waals surface area contributed by atoms with Crippen LogP contribution < -0.4 is 11.0 Å². The molecule has 0 spiro atoms. The monoisotopic (exact) mass is 219 g/mol. The number of aromatic nitrogens is 3. The van der Waals surface area contributed by atoms with Gasteiger partial charge in [0.15, 0.2) is 0 Å². The van der Waals surface area contributed by atoms with Crippen molar-refractivity contribution in [1.29, 1.82) is 0 Å². The minimum atomic E-state index is -0.298. The van der Waals surface area contributed by atoms with Crippen LogP contribution in [0, 0.1) is 5.92 Å². The zero-order valence-corrected chi connectivity index (χ0v) is 8.76. The van der Waals surface area contributed by atoms with Gasteiger partial charge < -0.3 is 0 Å². The maximum Gasteiger partial charge on any atom is 0.271 e. The quantitative estimate of drug-likeness (QED) is 0.450. The lowest BCUT2D eigenvalue weighted by Crippen LogP contribution is -2.11. The lowest BCUT2D eigenvalue weighted by molar-refractivity contribution is 0.627. The molecule has 0 aliphatic heterocycles. The van der Waals surface area contributed by atoms with Crippen LogP contribution in [0.25, 0.3) is 0 Å². The van der Waals surface area contributed by atoms with Gasteiger partial charge in [-0.05, 0) is 25.2 Å². The van der Waals surface area contributed by atoms with E-state index in [-0.39, 0.29) is 11.5 Å². The number of H-pyrrole nitrogens is 1. The molecule has 1 atom stereocenters. The number of nitrogens with one attached hydrogen (secondary N) is 2. The van der Waals surface area contributed by atoms with Gasteiger partial charge in [0, 0.05) is 6.21 Å². The van der Waals surface area contributed by atoms with Crippen LogP contribution in [0.2, 0.25) is 0 Å². The number of aromatic amines is 1. The van der Waals surface area contributed by atoms with Gasteiger partial charge >= 0.3 is 0 Å². The third-order valence-corrected chi connectivity index (χ3v) is 2.34. The van der Waals surface area contributed by atoms with E-state index in [2.05, 4.69) is 37.9 Å². The molecule has 2 rings (SSSR count). The fourth-order valence-electron chi connectivity index (χ4n) is 1.52. The van der Waals surface area contributed by atoms with Gasteiger partial charge in [0.2, 0.25) is 5.95 Å². The number of nitrogens with zero attached hydrogens (tertiary/aromatic N) is 3. The molecule has 84 valence electrons. The lowest BCUT2D eigenvalue weighted by Gasteiger charge is -2.11. The van der Waals surface area contributed by atoms with E-state index in [0.29, 0.717) is 5.92 Å². The van der Waals surface area contributed by atoms with Crippen molar-refractivity contribution in [2.45, 2.75) is 19.3 Å². The molecule has 0 unspecified atom stereocenters. The Morgan fingerprint density at radius 1 is 1.56 bits per heavy atom. The first kappa shape index (κ1) is 10.5. The van der Waals surface area contributed by atoms with Crippen LogP contribution in [0.15, 0.2) is 28.2 Å². The number of allylic oxidation sites excluding steroid dienone is 2. The molecule has 0 radical (unpaired) electrons. The van der Waals surface area contributed by atoms with Crippen LogP contribution >= 0.6 is 0 Å². The molecule has 0 amide bonds. The minimum absolute atomic E-state index is 0.259. The van der Waals surface area contributed by atoms with Gasteiger partial charge in [-0.3, -0.25) is 9.78 Å². The molecule has 1 aliphatic carbocycles. The van der Waals surface area contributed by atoms with Crippen LogP contribution in [-0.4, -0.2) is 21.4 Å². The van der Waals surface area contributed by atoms with Gasteiger partial charge in [0.1, 0.15) is 6.20 Å². The van der Waals surface area contributed by atoms with Gasteiger partial charge in [-0.1, -0.05) is 12.2 Å². The summed E-state index contributed by atoms with van der Waals surface area (Å²) in [6, 6.07) is 0. The van der Waals surface area contributed by atoms with Crippen LogP contribution in [0.5, 0.6) is 0 Å². The first-order valence-electron chi connectivity index (χ1n) is 5.21. The van der Waals surface area contributed by atoms with E-state index in [0.717, 1.165) is 25.5 Å². The summed E-state index contributed by atoms with van der Waals surface area (Å²) < 4.78 is 0. The summed E-state index contributed by atoms with van der Waals surface area (Å²) in [4.78, 5) is 13.4. The Labute approximate surface area is 92.5 Å². The van der Waals surface area contributed by atoms with E-state index >= 15 is 0 Å². The Bertz CT molecular complexity index is 451. The number of hydrogen-bond acceptors (Lipinski definition) is 5. The Kier molecular flexibility index (Phi) is 3.42. The number of rotatable bonds is 3. The second-order valence-electron chi connectivity index (χ2n) is 3.62. The van der Waals surface area contributed by atoms with Gasteiger partial charge in [0.25, 0.3) is 5.56 Å². The maximum atomic E-state index is 10.9. The molecule has 1 aliphatic rings. The molecule has 1 aromatic heterocycles. The Balaban J connectivity index is 1.89. The highest BCUT2D eigenvalue weighted by molar-refractivity contribution is 5.62. The molecule has 6 heteroatoms. The van der Waals surface area contributed by atoms with E-state index in [1.807, 2.05) is 6.21 Å². The van der Waals surface area contributed by atoms with Crippen molar-refractivity contribution in [3.8, 4) is 0 Å². The molecule has 0 aromatic carbocycles. The first-order valence-corrected chi connectivity index (χ1v) is 5.21. The molecule has 1 aromatic rings. The molecule has 16 heavy (non-hydrogen) atoms. The molecule has 6 nitrogen and oxygen atoms in total. The van der Waals surface area contributed by atoms with Crippen LogP contribution in [0.3, 0.4) is 0 Å². The van der Waals surface area contributed by atoms with Crippen molar-refractivity contribution in [2.24, 2.45) is 11.0 Å². The fourth-order valence-corrected chi connectivity index (χ4v) is 1.52. The average molecular weight is 219 g/mol. The molecular weight excluding hydrogens is 206 g/mol. The Hall–Kier alpha value is -1.98. The molecular formula is C10H13N5O. The minimum Gasteiger partial charge on any atom is -0.289 e. The molecule has 2 N–H and O–H groups in total. The Morgan fingerprint density at radius 2 is 2.50 bits per heavy atom.